The second-order valence-electron chi connectivity index (χ2n) is 7.77. The van der Waals surface area contributed by atoms with E-state index in [1.165, 1.54) is 71.7 Å². The van der Waals surface area contributed by atoms with E-state index in [1.54, 1.807) is 7.11 Å². The third-order valence-corrected chi connectivity index (χ3v) is 5.65. The lowest BCUT2D eigenvalue weighted by molar-refractivity contribution is 0.202. The van der Waals surface area contributed by atoms with Crippen LogP contribution in [0.15, 0.2) is 47.1 Å². The molecule has 2 aromatic carbocycles. The first kappa shape index (κ1) is 20.7. The predicted octanol–water partition coefficient (Wildman–Crippen LogP) is 6.90. The summed E-state index contributed by atoms with van der Waals surface area (Å²) in [5.41, 5.74) is 8.14. The third kappa shape index (κ3) is 5.05. The molecule has 0 spiro atoms. The molecule has 0 aliphatic rings. The topological polar surface area (TPSA) is 22.4 Å². The molecule has 3 aromatic rings. The Morgan fingerprint density at radius 2 is 1.57 bits per heavy atom. The molecule has 0 unspecified atom stereocenters. The fourth-order valence-corrected chi connectivity index (χ4v) is 3.95. The quantitative estimate of drug-likeness (QED) is 0.362. The molecule has 0 radical (unpaired) electrons. The summed E-state index contributed by atoms with van der Waals surface area (Å²) in [5, 5.41) is 1.25. The van der Waals surface area contributed by atoms with Crippen molar-refractivity contribution in [1.29, 1.82) is 0 Å². The van der Waals surface area contributed by atoms with E-state index in [0.717, 1.165) is 25.0 Å². The van der Waals surface area contributed by atoms with Gasteiger partial charge in [-0.25, -0.2) is 0 Å². The van der Waals surface area contributed by atoms with E-state index in [9.17, 15) is 0 Å². The molecule has 3 rings (SSSR count). The second kappa shape index (κ2) is 10.5. The Morgan fingerprint density at radius 3 is 2.21 bits per heavy atom. The van der Waals surface area contributed by atoms with E-state index in [1.807, 2.05) is 6.26 Å². The van der Waals surface area contributed by atoms with Crippen molar-refractivity contribution in [1.82, 2.24) is 0 Å². The minimum Gasteiger partial charge on any atom is -0.464 e. The zero-order valence-corrected chi connectivity index (χ0v) is 17.7. The van der Waals surface area contributed by atoms with Crippen molar-refractivity contribution in [3.05, 3.63) is 70.5 Å². The molecular formula is C26H34O2. The Kier molecular flexibility index (Phi) is 7.73. The SMILES string of the molecule is CCCCc1cccc(CCCC)c1Cc1coc2ccc(CCOC)cc12. The maximum Gasteiger partial charge on any atom is 0.134 e. The van der Waals surface area contributed by atoms with Crippen molar-refractivity contribution >= 4 is 11.0 Å². The first-order chi connectivity index (χ1) is 13.8. The fraction of sp³-hybridized carbons (Fsp3) is 0.462. The van der Waals surface area contributed by atoms with Crippen LogP contribution in [0, 0.1) is 0 Å². The number of aryl methyl sites for hydroxylation is 2. The normalized spacial score (nSPS) is 11.4. The summed E-state index contributed by atoms with van der Waals surface area (Å²) in [4.78, 5) is 0. The molecule has 2 heteroatoms. The molecule has 0 amide bonds. The van der Waals surface area contributed by atoms with Crippen LogP contribution in [-0.2, 0) is 30.4 Å². The maximum absolute atomic E-state index is 5.89. The highest BCUT2D eigenvalue weighted by Gasteiger charge is 2.13. The highest BCUT2D eigenvalue weighted by atomic mass is 16.5. The van der Waals surface area contributed by atoms with Crippen molar-refractivity contribution in [3.63, 3.8) is 0 Å². The van der Waals surface area contributed by atoms with Crippen LogP contribution in [0.25, 0.3) is 11.0 Å². The number of unbranched alkanes of at least 4 members (excludes halogenated alkanes) is 2. The van der Waals surface area contributed by atoms with Crippen LogP contribution in [-0.4, -0.2) is 13.7 Å². The molecular weight excluding hydrogens is 344 g/mol. The number of fused-ring (bicyclic) bond motifs is 1. The van der Waals surface area contributed by atoms with Crippen LogP contribution in [0.2, 0.25) is 0 Å². The van der Waals surface area contributed by atoms with Gasteiger partial charge in [0.05, 0.1) is 12.9 Å². The first-order valence-corrected chi connectivity index (χ1v) is 10.8. The van der Waals surface area contributed by atoms with Gasteiger partial charge in [-0.05, 0) is 66.5 Å². The van der Waals surface area contributed by atoms with Crippen LogP contribution < -0.4 is 0 Å². The summed E-state index contributed by atoms with van der Waals surface area (Å²) >= 11 is 0. The van der Waals surface area contributed by atoms with Gasteiger partial charge in [0, 0.05) is 24.5 Å². The lowest BCUT2D eigenvalue weighted by Gasteiger charge is -2.15. The molecule has 28 heavy (non-hydrogen) atoms. The summed E-state index contributed by atoms with van der Waals surface area (Å²) in [6, 6.07) is 13.4. The van der Waals surface area contributed by atoms with Gasteiger partial charge >= 0.3 is 0 Å². The summed E-state index contributed by atoms with van der Waals surface area (Å²) in [5.74, 6) is 0. The van der Waals surface area contributed by atoms with Crippen LogP contribution in [0.1, 0.15) is 67.3 Å². The summed E-state index contributed by atoms with van der Waals surface area (Å²) in [6.45, 7) is 5.29. The predicted molar refractivity (Wildman–Crippen MR) is 118 cm³/mol. The van der Waals surface area contributed by atoms with Gasteiger partial charge in [0.25, 0.3) is 0 Å². The van der Waals surface area contributed by atoms with E-state index < -0.39 is 0 Å². The zero-order valence-electron chi connectivity index (χ0n) is 17.7. The van der Waals surface area contributed by atoms with Gasteiger partial charge in [-0.2, -0.15) is 0 Å². The molecule has 0 saturated carbocycles. The van der Waals surface area contributed by atoms with Crippen molar-refractivity contribution in [2.75, 3.05) is 13.7 Å². The Morgan fingerprint density at radius 1 is 0.857 bits per heavy atom. The lowest BCUT2D eigenvalue weighted by atomic mass is 9.90. The molecule has 0 fully saturated rings. The second-order valence-corrected chi connectivity index (χ2v) is 7.77. The lowest BCUT2D eigenvalue weighted by Crippen LogP contribution is -2.02. The van der Waals surface area contributed by atoms with Gasteiger partial charge < -0.3 is 9.15 Å². The molecule has 150 valence electrons. The standard InChI is InChI=1S/C26H34O2/c1-4-6-9-21-11-8-12-22(10-7-5-2)24(21)18-23-19-28-26-14-13-20(15-16-27-3)17-25(23)26/h8,11-14,17,19H,4-7,9-10,15-16,18H2,1-3H3. The van der Waals surface area contributed by atoms with Crippen LogP contribution in [0.4, 0.5) is 0 Å². The molecule has 0 aliphatic heterocycles. The first-order valence-electron chi connectivity index (χ1n) is 10.8. The van der Waals surface area contributed by atoms with Gasteiger partial charge in [0.2, 0.25) is 0 Å². The van der Waals surface area contributed by atoms with Crippen molar-refractivity contribution in [2.24, 2.45) is 0 Å². The van der Waals surface area contributed by atoms with Gasteiger partial charge in [0.1, 0.15) is 5.58 Å². The van der Waals surface area contributed by atoms with Gasteiger partial charge in [-0.15, -0.1) is 0 Å². The summed E-state index contributed by atoms with van der Waals surface area (Å²) < 4.78 is 11.1. The number of methoxy groups -OCH3 is 1. The molecule has 0 bridgehead atoms. The Labute approximate surface area is 169 Å². The number of ether oxygens (including phenoxy) is 1. The fourth-order valence-electron chi connectivity index (χ4n) is 3.95. The van der Waals surface area contributed by atoms with E-state index in [2.05, 4.69) is 50.2 Å². The third-order valence-electron chi connectivity index (χ3n) is 5.65. The van der Waals surface area contributed by atoms with Crippen LogP contribution >= 0.6 is 0 Å². The van der Waals surface area contributed by atoms with E-state index in [4.69, 9.17) is 9.15 Å². The molecule has 0 atom stereocenters. The highest BCUT2D eigenvalue weighted by Crippen LogP contribution is 2.29. The van der Waals surface area contributed by atoms with Crippen molar-refractivity contribution in [2.45, 2.75) is 65.2 Å². The van der Waals surface area contributed by atoms with Crippen molar-refractivity contribution in [3.8, 4) is 0 Å². The molecule has 0 saturated heterocycles. The number of furan rings is 1. The Hall–Kier alpha value is -2.06. The van der Waals surface area contributed by atoms with E-state index in [0.29, 0.717) is 0 Å². The van der Waals surface area contributed by atoms with Gasteiger partial charge in [-0.1, -0.05) is 51.0 Å². The van der Waals surface area contributed by atoms with Crippen LogP contribution in [0.5, 0.6) is 0 Å². The maximum atomic E-state index is 5.89. The summed E-state index contributed by atoms with van der Waals surface area (Å²) in [6.07, 6.45) is 11.2. The molecule has 0 N–H and O–H groups in total. The Balaban J connectivity index is 1.94. The number of rotatable bonds is 11. The number of benzene rings is 2. The minimum absolute atomic E-state index is 0.750. The molecule has 2 nitrogen and oxygen atoms in total. The van der Waals surface area contributed by atoms with E-state index in [-0.39, 0.29) is 0 Å². The minimum atomic E-state index is 0.750. The molecule has 0 aliphatic carbocycles. The monoisotopic (exact) mass is 378 g/mol. The number of hydrogen-bond donors (Lipinski definition) is 0. The largest absolute Gasteiger partial charge is 0.464 e. The highest BCUT2D eigenvalue weighted by molar-refractivity contribution is 5.82. The average molecular weight is 379 g/mol. The Bertz CT molecular complexity index is 849. The zero-order chi connectivity index (χ0) is 19.8. The summed E-state index contributed by atoms with van der Waals surface area (Å²) in [7, 11) is 1.76. The van der Waals surface area contributed by atoms with Gasteiger partial charge in [0.15, 0.2) is 0 Å². The van der Waals surface area contributed by atoms with Crippen molar-refractivity contribution < 1.29 is 9.15 Å². The van der Waals surface area contributed by atoms with Crippen LogP contribution in [0.3, 0.4) is 0 Å². The molecule has 1 heterocycles. The van der Waals surface area contributed by atoms with Gasteiger partial charge in [-0.3, -0.25) is 0 Å². The van der Waals surface area contributed by atoms with E-state index >= 15 is 0 Å². The smallest absolute Gasteiger partial charge is 0.134 e. The molecule has 1 aromatic heterocycles. The average Bonchev–Trinajstić information content (AvgIpc) is 3.12. The number of hydrogen-bond acceptors (Lipinski definition) is 2.